The van der Waals surface area contributed by atoms with Gasteiger partial charge in [0.25, 0.3) is 11.8 Å². The van der Waals surface area contributed by atoms with Crippen LogP contribution in [0.4, 0.5) is 13.2 Å². The number of amides is 2. The first-order chi connectivity index (χ1) is 12.3. The highest BCUT2D eigenvalue weighted by molar-refractivity contribution is 6.21. The fourth-order valence-corrected chi connectivity index (χ4v) is 3.00. The molecule has 8 heteroatoms. The molecular weight excluding hydrogens is 347 g/mol. The molecule has 26 heavy (non-hydrogen) atoms. The molecule has 0 N–H and O–H groups in total. The first-order valence-electron chi connectivity index (χ1n) is 7.84. The summed E-state index contributed by atoms with van der Waals surface area (Å²) in [5, 5.41) is 0. The molecule has 2 amide bonds. The van der Waals surface area contributed by atoms with E-state index in [-0.39, 0.29) is 24.8 Å². The molecule has 1 aliphatic heterocycles. The number of imidazole rings is 1. The molecule has 0 unspecified atom stereocenters. The van der Waals surface area contributed by atoms with Crippen molar-refractivity contribution in [3.8, 4) is 0 Å². The maximum absolute atomic E-state index is 12.8. The van der Waals surface area contributed by atoms with E-state index in [1.54, 1.807) is 24.3 Å². The fraction of sp³-hybridized carbons (Fsp3) is 0.167. The minimum atomic E-state index is -4.43. The highest BCUT2D eigenvalue weighted by atomic mass is 19.4. The first kappa shape index (κ1) is 16.3. The van der Waals surface area contributed by atoms with Gasteiger partial charge in [0.15, 0.2) is 0 Å². The summed E-state index contributed by atoms with van der Waals surface area (Å²) in [6, 6.07) is 8.82. The van der Waals surface area contributed by atoms with Gasteiger partial charge in [-0.3, -0.25) is 14.5 Å². The van der Waals surface area contributed by atoms with Crippen LogP contribution in [0.15, 0.2) is 48.8 Å². The van der Waals surface area contributed by atoms with Crippen LogP contribution in [0.3, 0.4) is 0 Å². The molecule has 3 heterocycles. The number of hydrogen-bond donors (Lipinski definition) is 0. The highest BCUT2D eigenvalue weighted by Crippen LogP contribution is 2.29. The van der Waals surface area contributed by atoms with Gasteiger partial charge in [0.1, 0.15) is 5.65 Å². The summed E-state index contributed by atoms with van der Waals surface area (Å²) < 4.78 is 39.6. The SMILES string of the molecule is O=C1c2ccccc2C(=O)N1CCc1cn2cc(C(F)(F)F)ccc2n1. The number of rotatable bonds is 3. The number of aromatic nitrogens is 2. The van der Waals surface area contributed by atoms with Gasteiger partial charge in [0, 0.05) is 25.4 Å². The van der Waals surface area contributed by atoms with Crippen molar-refractivity contribution in [2.45, 2.75) is 12.6 Å². The van der Waals surface area contributed by atoms with Gasteiger partial charge in [-0.05, 0) is 24.3 Å². The molecule has 0 saturated heterocycles. The lowest BCUT2D eigenvalue weighted by Gasteiger charge is -2.12. The Morgan fingerprint density at radius 2 is 1.58 bits per heavy atom. The standard InChI is InChI=1S/C18H12F3N3O2/c19-18(20,21)11-5-6-15-22-12(10-23(15)9-11)7-8-24-16(25)13-3-1-2-4-14(13)17(24)26/h1-6,9-10H,7-8H2. The van der Waals surface area contributed by atoms with Crippen molar-refractivity contribution in [1.82, 2.24) is 14.3 Å². The second kappa shape index (κ2) is 5.69. The van der Waals surface area contributed by atoms with Crippen LogP contribution in [-0.4, -0.2) is 32.6 Å². The van der Waals surface area contributed by atoms with Crippen LogP contribution >= 0.6 is 0 Å². The number of fused-ring (bicyclic) bond motifs is 2. The fourth-order valence-electron chi connectivity index (χ4n) is 3.00. The van der Waals surface area contributed by atoms with Crippen molar-refractivity contribution in [3.63, 3.8) is 0 Å². The molecular formula is C18H12F3N3O2. The van der Waals surface area contributed by atoms with Crippen LogP contribution in [0.5, 0.6) is 0 Å². The molecule has 0 fully saturated rings. The maximum Gasteiger partial charge on any atom is 0.417 e. The largest absolute Gasteiger partial charge is 0.417 e. The molecule has 132 valence electrons. The average molecular weight is 359 g/mol. The Hall–Kier alpha value is -3.16. The van der Waals surface area contributed by atoms with Crippen LogP contribution in [0.25, 0.3) is 5.65 Å². The summed E-state index contributed by atoms with van der Waals surface area (Å²) in [6.07, 6.45) is -1.73. The summed E-state index contributed by atoms with van der Waals surface area (Å²) in [5.74, 6) is -0.734. The third-order valence-corrected chi connectivity index (χ3v) is 4.30. The zero-order chi connectivity index (χ0) is 18.5. The molecule has 0 aliphatic carbocycles. The van der Waals surface area contributed by atoms with Gasteiger partial charge in [-0.15, -0.1) is 0 Å². The molecule has 0 spiro atoms. The monoisotopic (exact) mass is 359 g/mol. The Balaban J connectivity index is 1.54. The third-order valence-electron chi connectivity index (χ3n) is 4.30. The van der Waals surface area contributed by atoms with E-state index >= 15 is 0 Å². The molecule has 2 aromatic heterocycles. The number of carbonyl (C=O) groups excluding carboxylic acids is 2. The van der Waals surface area contributed by atoms with Gasteiger partial charge in [-0.1, -0.05) is 12.1 Å². The van der Waals surface area contributed by atoms with Crippen LogP contribution in [0.2, 0.25) is 0 Å². The van der Waals surface area contributed by atoms with Gasteiger partial charge in [-0.2, -0.15) is 13.2 Å². The summed E-state index contributed by atoms with van der Waals surface area (Å²) in [7, 11) is 0. The normalized spacial score (nSPS) is 14.3. The second-order valence-electron chi connectivity index (χ2n) is 5.97. The van der Waals surface area contributed by atoms with Crippen molar-refractivity contribution in [3.05, 3.63) is 71.2 Å². The lowest BCUT2D eigenvalue weighted by atomic mass is 10.1. The van der Waals surface area contributed by atoms with Crippen molar-refractivity contribution >= 4 is 17.5 Å². The van der Waals surface area contributed by atoms with Crippen LogP contribution in [0, 0.1) is 0 Å². The van der Waals surface area contributed by atoms with Crippen LogP contribution in [-0.2, 0) is 12.6 Å². The molecule has 0 radical (unpaired) electrons. The zero-order valence-electron chi connectivity index (χ0n) is 13.3. The van der Waals surface area contributed by atoms with E-state index in [0.717, 1.165) is 17.2 Å². The summed E-state index contributed by atoms with van der Waals surface area (Å²) in [6.45, 7) is 0.113. The Morgan fingerprint density at radius 1 is 0.923 bits per heavy atom. The Morgan fingerprint density at radius 3 is 2.19 bits per heavy atom. The van der Waals surface area contributed by atoms with Crippen LogP contribution < -0.4 is 0 Å². The molecule has 0 atom stereocenters. The minimum Gasteiger partial charge on any atom is -0.306 e. The van der Waals surface area contributed by atoms with Crippen molar-refractivity contribution < 1.29 is 22.8 Å². The van der Waals surface area contributed by atoms with E-state index < -0.39 is 11.7 Å². The Bertz CT molecular complexity index is 1000. The smallest absolute Gasteiger partial charge is 0.306 e. The Labute approximate surface area is 145 Å². The number of imide groups is 1. The lowest BCUT2D eigenvalue weighted by Crippen LogP contribution is -2.31. The molecule has 0 saturated carbocycles. The molecule has 1 aliphatic rings. The van der Waals surface area contributed by atoms with E-state index in [9.17, 15) is 22.8 Å². The minimum absolute atomic E-state index is 0.113. The third kappa shape index (κ3) is 2.63. The first-order valence-corrected chi connectivity index (χ1v) is 7.84. The van der Waals surface area contributed by atoms with E-state index in [1.807, 2.05) is 0 Å². The van der Waals surface area contributed by atoms with Gasteiger partial charge >= 0.3 is 6.18 Å². The number of nitrogens with zero attached hydrogens (tertiary/aromatic N) is 3. The van der Waals surface area contributed by atoms with E-state index in [2.05, 4.69) is 4.98 Å². The zero-order valence-corrected chi connectivity index (χ0v) is 13.3. The molecule has 3 aromatic rings. The number of alkyl halides is 3. The number of halogens is 3. The second-order valence-corrected chi connectivity index (χ2v) is 5.97. The molecule has 1 aromatic carbocycles. The summed E-state index contributed by atoms with van der Waals surface area (Å²) >= 11 is 0. The van der Waals surface area contributed by atoms with E-state index in [1.165, 1.54) is 16.7 Å². The van der Waals surface area contributed by atoms with Gasteiger partial charge < -0.3 is 4.40 Å². The number of benzene rings is 1. The van der Waals surface area contributed by atoms with E-state index in [4.69, 9.17) is 0 Å². The molecule has 4 rings (SSSR count). The number of hydrogen-bond acceptors (Lipinski definition) is 3. The predicted octanol–water partition coefficient (Wildman–Crippen LogP) is 3.19. The number of carbonyl (C=O) groups is 2. The van der Waals surface area contributed by atoms with Crippen LogP contribution in [0.1, 0.15) is 32.0 Å². The van der Waals surface area contributed by atoms with Crippen molar-refractivity contribution in [2.75, 3.05) is 6.54 Å². The van der Waals surface area contributed by atoms with Gasteiger partial charge in [0.05, 0.1) is 22.4 Å². The topological polar surface area (TPSA) is 54.7 Å². The van der Waals surface area contributed by atoms with E-state index in [0.29, 0.717) is 22.5 Å². The quantitative estimate of drug-likeness (QED) is 0.675. The van der Waals surface area contributed by atoms with Gasteiger partial charge in [-0.25, -0.2) is 4.98 Å². The highest BCUT2D eigenvalue weighted by Gasteiger charge is 2.35. The average Bonchev–Trinajstić information content (AvgIpc) is 3.12. The molecule has 5 nitrogen and oxygen atoms in total. The lowest BCUT2D eigenvalue weighted by molar-refractivity contribution is -0.137. The van der Waals surface area contributed by atoms with Crippen molar-refractivity contribution in [1.29, 1.82) is 0 Å². The number of pyridine rings is 1. The predicted molar refractivity (Wildman–Crippen MR) is 85.7 cm³/mol. The summed E-state index contributed by atoms with van der Waals surface area (Å²) in [4.78, 5) is 30.0. The Kier molecular flexibility index (Phi) is 3.57. The van der Waals surface area contributed by atoms with Gasteiger partial charge in [0.2, 0.25) is 0 Å². The van der Waals surface area contributed by atoms with Crippen molar-refractivity contribution in [2.24, 2.45) is 0 Å². The summed E-state index contributed by atoms with van der Waals surface area (Å²) in [5.41, 5.74) is 0.829. The molecule has 0 bridgehead atoms. The maximum atomic E-state index is 12.8.